The summed E-state index contributed by atoms with van der Waals surface area (Å²) >= 11 is 1.69. The number of hydrogen-bond acceptors (Lipinski definition) is 2. The maximum Gasteiger partial charge on any atom is 0.128 e. The Kier molecular flexibility index (Phi) is 2.19. The molecule has 0 spiro atoms. The van der Waals surface area contributed by atoms with Crippen molar-refractivity contribution in [2.75, 3.05) is 13.4 Å². The van der Waals surface area contributed by atoms with Gasteiger partial charge < -0.3 is 4.74 Å². The Labute approximate surface area is 81.6 Å². The number of nitrogens with zero attached hydrogens (tertiary/aromatic N) is 1. The fraction of sp³-hybridized carbons (Fsp3) is 0.200. The average molecular weight is 193 g/mol. The summed E-state index contributed by atoms with van der Waals surface area (Å²) in [6.07, 6.45) is 4.11. The van der Waals surface area contributed by atoms with Crippen molar-refractivity contribution in [1.29, 1.82) is 0 Å². The van der Waals surface area contributed by atoms with Gasteiger partial charge in [0.05, 0.1) is 12.6 Å². The van der Waals surface area contributed by atoms with Gasteiger partial charge in [-0.05, 0) is 30.1 Å². The highest BCUT2D eigenvalue weighted by atomic mass is 32.2. The molecule has 0 radical (unpaired) electrons. The molecular formula is C10H11NOS. The van der Waals surface area contributed by atoms with Crippen LogP contribution in [0.5, 0.6) is 5.75 Å². The molecule has 0 bridgehead atoms. The molecule has 0 saturated carbocycles. The van der Waals surface area contributed by atoms with E-state index < -0.39 is 0 Å². The second-order valence-electron chi connectivity index (χ2n) is 2.72. The Hall–Kier alpha value is -1.09. The van der Waals surface area contributed by atoms with Gasteiger partial charge in [0.1, 0.15) is 5.75 Å². The largest absolute Gasteiger partial charge is 0.496 e. The number of rotatable bonds is 2. The first-order chi connectivity index (χ1) is 6.36. The Bertz CT molecular complexity index is 422. The third kappa shape index (κ3) is 1.29. The number of ether oxygens (including phenoxy) is 1. The molecule has 1 heterocycles. The van der Waals surface area contributed by atoms with Crippen LogP contribution < -0.4 is 4.74 Å². The molecule has 0 aliphatic heterocycles. The first-order valence-corrected chi connectivity index (χ1v) is 5.23. The second kappa shape index (κ2) is 3.34. The molecule has 2 aromatic rings. The van der Waals surface area contributed by atoms with Crippen LogP contribution in [0.4, 0.5) is 0 Å². The fourth-order valence-corrected chi connectivity index (χ4v) is 1.99. The van der Waals surface area contributed by atoms with Crippen molar-refractivity contribution in [2.45, 2.75) is 0 Å². The minimum Gasteiger partial charge on any atom is -0.496 e. The van der Waals surface area contributed by atoms with Gasteiger partial charge in [0.15, 0.2) is 0 Å². The van der Waals surface area contributed by atoms with Crippen LogP contribution in [-0.4, -0.2) is 17.3 Å². The van der Waals surface area contributed by atoms with E-state index in [1.807, 2.05) is 12.1 Å². The summed E-state index contributed by atoms with van der Waals surface area (Å²) < 4.78 is 7.39. The van der Waals surface area contributed by atoms with Crippen molar-refractivity contribution in [3.63, 3.8) is 0 Å². The van der Waals surface area contributed by atoms with Gasteiger partial charge in [-0.3, -0.25) is 3.97 Å². The van der Waals surface area contributed by atoms with Gasteiger partial charge in [-0.15, -0.1) is 0 Å². The van der Waals surface area contributed by atoms with E-state index in [2.05, 4.69) is 28.6 Å². The summed E-state index contributed by atoms with van der Waals surface area (Å²) in [6, 6.07) is 8.15. The van der Waals surface area contributed by atoms with Crippen LogP contribution in [0.2, 0.25) is 0 Å². The quantitative estimate of drug-likeness (QED) is 0.728. The van der Waals surface area contributed by atoms with E-state index >= 15 is 0 Å². The van der Waals surface area contributed by atoms with Gasteiger partial charge in [0.2, 0.25) is 0 Å². The topological polar surface area (TPSA) is 14.2 Å². The molecule has 0 aliphatic rings. The number of methoxy groups -OCH3 is 1. The Morgan fingerprint density at radius 3 is 2.85 bits per heavy atom. The average Bonchev–Trinajstić information content (AvgIpc) is 2.60. The minimum atomic E-state index is 0.935. The fourth-order valence-electron chi connectivity index (χ4n) is 1.45. The lowest BCUT2D eigenvalue weighted by Gasteiger charge is -2.02. The molecular weight excluding hydrogens is 182 g/mol. The van der Waals surface area contributed by atoms with Crippen molar-refractivity contribution in [3.05, 3.63) is 30.5 Å². The molecule has 2 nitrogen and oxygen atoms in total. The molecule has 0 fully saturated rings. The molecule has 13 heavy (non-hydrogen) atoms. The third-order valence-electron chi connectivity index (χ3n) is 2.07. The highest BCUT2D eigenvalue weighted by Crippen LogP contribution is 2.27. The zero-order chi connectivity index (χ0) is 9.26. The summed E-state index contributed by atoms with van der Waals surface area (Å²) in [7, 11) is 1.70. The zero-order valence-corrected chi connectivity index (χ0v) is 8.47. The normalized spacial score (nSPS) is 10.6. The van der Waals surface area contributed by atoms with Crippen molar-refractivity contribution < 1.29 is 4.74 Å². The third-order valence-corrected chi connectivity index (χ3v) is 2.79. The van der Waals surface area contributed by atoms with Gasteiger partial charge in [-0.25, -0.2) is 0 Å². The summed E-state index contributed by atoms with van der Waals surface area (Å²) in [5.74, 6) is 0.935. The molecule has 0 aliphatic carbocycles. The van der Waals surface area contributed by atoms with E-state index in [4.69, 9.17) is 4.74 Å². The van der Waals surface area contributed by atoms with Gasteiger partial charge in [0, 0.05) is 17.8 Å². The van der Waals surface area contributed by atoms with E-state index in [0.29, 0.717) is 0 Å². The lowest BCUT2D eigenvalue weighted by molar-refractivity contribution is 0.420. The number of aromatic nitrogens is 1. The first-order valence-electron chi connectivity index (χ1n) is 4.05. The highest BCUT2D eigenvalue weighted by molar-refractivity contribution is 7.97. The Morgan fingerprint density at radius 2 is 2.15 bits per heavy atom. The smallest absolute Gasteiger partial charge is 0.128 e. The molecule has 0 unspecified atom stereocenters. The van der Waals surface area contributed by atoms with E-state index in [1.165, 1.54) is 10.9 Å². The standard InChI is InChI=1S/C10H11NOS/c1-12-10-5-3-4-9-8(10)6-7-11(9)13-2/h3-7H,1-2H3. The minimum absolute atomic E-state index is 0.935. The monoisotopic (exact) mass is 193 g/mol. The van der Waals surface area contributed by atoms with Gasteiger partial charge in [0.25, 0.3) is 0 Å². The van der Waals surface area contributed by atoms with Gasteiger partial charge in [-0.2, -0.15) is 0 Å². The molecule has 68 valence electrons. The molecule has 0 N–H and O–H groups in total. The van der Waals surface area contributed by atoms with Crippen LogP contribution in [0.25, 0.3) is 10.9 Å². The molecule has 1 aromatic carbocycles. The molecule has 1 aromatic heterocycles. The maximum atomic E-state index is 5.26. The second-order valence-corrected chi connectivity index (χ2v) is 3.48. The lowest BCUT2D eigenvalue weighted by atomic mass is 10.2. The molecule has 2 rings (SSSR count). The molecule has 3 heteroatoms. The van der Waals surface area contributed by atoms with Crippen molar-refractivity contribution >= 4 is 22.9 Å². The number of benzene rings is 1. The first kappa shape index (κ1) is 8.51. The van der Waals surface area contributed by atoms with Crippen molar-refractivity contribution in [3.8, 4) is 5.75 Å². The summed E-state index contributed by atoms with van der Waals surface area (Å²) in [5.41, 5.74) is 1.20. The van der Waals surface area contributed by atoms with Crippen LogP contribution in [0.15, 0.2) is 30.5 Å². The van der Waals surface area contributed by atoms with Crippen LogP contribution >= 0.6 is 11.9 Å². The van der Waals surface area contributed by atoms with E-state index in [0.717, 1.165) is 5.75 Å². The number of hydrogen-bond donors (Lipinski definition) is 0. The van der Waals surface area contributed by atoms with Crippen LogP contribution in [0.3, 0.4) is 0 Å². The Morgan fingerprint density at radius 1 is 1.31 bits per heavy atom. The summed E-state index contributed by atoms with van der Waals surface area (Å²) in [4.78, 5) is 0. The summed E-state index contributed by atoms with van der Waals surface area (Å²) in [6.45, 7) is 0. The molecule has 0 amide bonds. The van der Waals surface area contributed by atoms with Crippen molar-refractivity contribution in [1.82, 2.24) is 3.97 Å². The predicted molar refractivity (Wildman–Crippen MR) is 57.4 cm³/mol. The maximum absolute atomic E-state index is 5.26. The molecule has 0 atom stereocenters. The van der Waals surface area contributed by atoms with Crippen LogP contribution in [0.1, 0.15) is 0 Å². The predicted octanol–water partition coefficient (Wildman–Crippen LogP) is 2.78. The van der Waals surface area contributed by atoms with Gasteiger partial charge >= 0.3 is 0 Å². The van der Waals surface area contributed by atoms with Crippen LogP contribution in [0, 0.1) is 0 Å². The van der Waals surface area contributed by atoms with E-state index in [9.17, 15) is 0 Å². The van der Waals surface area contributed by atoms with E-state index in [-0.39, 0.29) is 0 Å². The summed E-state index contributed by atoms with van der Waals surface area (Å²) in [5, 5.41) is 1.17. The van der Waals surface area contributed by atoms with Crippen molar-refractivity contribution in [2.24, 2.45) is 0 Å². The SMILES string of the molecule is COc1cccc2c1ccn2SC. The van der Waals surface area contributed by atoms with Crippen LogP contribution in [-0.2, 0) is 0 Å². The number of fused-ring (bicyclic) bond motifs is 1. The Balaban J connectivity index is 2.72. The highest BCUT2D eigenvalue weighted by Gasteiger charge is 2.03. The van der Waals surface area contributed by atoms with E-state index in [1.54, 1.807) is 19.1 Å². The lowest BCUT2D eigenvalue weighted by Crippen LogP contribution is -1.84. The molecule has 0 saturated heterocycles. The zero-order valence-electron chi connectivity index (χ0n) is 7.65. The van der Waals surface area contributed by atoms with Gasteiger partial charge in [-0.1, -0.05) is 6.07 Å².